The first kappa shape index (κ1) is 16.6. The Balaban J connectivity index is 2.17. The fourth-order valence-corrected chi connectivity index (χ4v) is 1.57. The third kappa shape index (κ3) is 6.60. The van der Waals surface area contributed by atoms with Crippen molar-refractivity contribution in [3.63, 3.8) is 0 Å². The number of aliphatic hydroxyl groups excluding tert-OH is 1. The highest BCUT2D eigenvalue weighted by molar-refractivity contribution is 6.31. The SMILES string of the molecule is Cc1cc(OCC(O)CNCCOC(N)=O)ccc1Cl. The highest BCUT2D eigenvalue weighted by Gasteiger charge is 2.06. The quantitative estimate of drug-likeness (QED) is 0.625. The van der Waals surface area contributed by atoms with Crippen LogP contribution in [0.2, 0.25) is 5.02 Å². The number of primary amides is 1. The normalized spacial score (nSPS) is 11.9. The summed E-state index contributed by atoms with van der Waals surface area (Å²) in [4.78, 5) is 10.3. The number of rotatable bonds is 8. The summed E-state index contributed by atoms with van der Waals surface area (Å²) in [6.07, 6.45) is -1.48. The number of carbonyl (C=O) groups is 1. The van der Waals surface area contributed by atoms with Crippen LogP contribution in [0.1, 0.15) is 5.56 Å². The number of nitrogens with one attached hydrogen (secondary N) is 1. The zero-order chi connectivity index (χ0) is 15.0. The van der Waals surface area contributed by atoms with Gasteiger partial charge in [-0.05, 0) is 30.7 Å². The third-order valence-corrected chi connectivity index (χ3v) is 2.90. The van der Waals surface area contributed by atoms with Gasteiger partial charge in [0.2, 0.25) is 0 Å². The van der Waals surface area contributed by atoms with E-state index in [2.05, 4.69) is 10.1 Å². The Morgan fingerprint density at radius 2 is 2.30 bits per heavy atom. The number of nitrogens with two attached hydrogens (primary N) is 1. The lowest BCUT2D eigenvalue weighted by atomic mass is 10.2. The lowest BCUT2D eigenvalue weighted by Crippen LogP contribution is -2.33. The van der Waals surface area contributed by atoms with Crippen molar-refractivity contribution >= 4 is 17.7 Å². The minimum absolute atomic E-state index is 0.157. The lowest BCUT2D eigenvalue weighted by Gasteiger charge is -2.13. The molecule has 0 heterocycles. The summed E-state index contributed by atoms with van der Waals surface area (Å²) in [5.41, 5.74) is 5.72. The number of benzene rings is 1. The Morgan fingerprint density at radius 1 is 1.55 bits per heavy atom. The van der Waals surface area contributed by atoms with Gasteiger partial charge < -0.3 is 25.6 Å². The highest BCUT2D eigenvalue weighted by atomic mass is 35.5. The average Bonchev–Trinajstić information content (AvgIpc) is 2.39. The molecular formula is C13H19ClN2O4. The number of aryl methyl sites for hydroxylation is 1. The molecule has 1 aromatic carbocycles. The van der Waals surface area contributed by atoms with Crippen molar-refractivity contribution in [2.75, 3.05) is 26.3 Å². The van der Waals surface area contributed by atoms with E-state index in [-0.39, 0.29) is 13.2 Å². The van der Waals surface area contributed by atoms with Gasteiger partial charge in [-0.25, -0.2) is 4.79 Å². The molecule has 1 amide bonds. The number of carbonyl (C=O) groups excluding carboxylic acids is 1. The molecule has 6 nitrogen and oxygen atoms in total. The maximum Gasteiger partial charge on any atom is 0.404 e. The van der Waals surface area contributed by atoms with Gasteiger partial charge in [0.05, 0.1) is 0 Å². The van der Waals surface area contributed by atoms with Gasteiger partial charge in [-0.2, -0.15) is 0 Å². The molecule has 0 aliphatic rings. The van der Waals surface area contributed by atoms with Gasteiger partial charge in [-0.15, -0.1) is 0 Å². The zero-order valence-corrected chi connectivity index (χ0v) is 12.0. The summed E-state index contributed by atoms with van der Waals surface area (Å²) in [6.45, 7) is 2.95. The van der Waals surface area contributed by atoms with Crippen molar-refractivity contribution < 1.29 is 19.4 Å². The summed E-state index contributed by atoms with van der Waals surface area (Å²) in [5, 5.41) is 13.3. The van der Waals surface area contributed by atoms with Gasteiger partial charge in [-0.3, -0.25) is 0 Å². The molecule has 4 N–H and O–H groups in total. The molecule has 0 bridgehead atoms. The van der Waals surface area contributed by atoms with E-state index >= 15 is 0 Å². The highest BCUT2D eigenvalue weighted by Crippen LogP contribution is 2.20. The second kappa shape index (κ2) is 8.63. The molecule has 7 heteroatoms. The molecule has 0 fully saturated rings. The van der Waals surface area contributed by atoms with Crippen molar-refractivity contribution in [2.24, 2.45) is 5.73 Å². The zero-order valence-electron chi connectivity index (χ0n) is 11.3. The van der Waals surface area contributed by atoms with Crippen LogP contribution in [-0.4, -0.2) is 43.6 Å². The molecule has 0 saturated carbocycles. The molecule has 0 aromatic heterocycles. The van der Waals surface area contributed by atoms with Crippen molar-refractivity contribution in [3.05, 3.63) is 28.8 Å². The van der Waals surface area contributed by atoms with Crippen molar-refractivity contribution in [1.82, 2.24) is 5.32 Å². The van der Waals surface area contributed by atoms with Crippen molar-refractivity contribution in [1.29, 1.82) is 0 Å². The second-order valence-corrected chi connectivity index (χ2v) is 4.65. The number of hydrogen-bond donors (Lipinski definition) is 3. The summed E-state index contributed by atoms with van der Waals surface area (Å²) in [7, 11) is 0. The van der Waals surface area contributed by atoms with Crippen LogP contribution in [0.3, 0.4) is 0 Å². The number of halogens is 1. The molecule has 1 aromatic rings. The average molecular weight is 303 g/mol. The van der Waals surface area contributed by atoms with Crippen LogP contribution in [-0.2, 0) is 4.74 Å². The van der Waals surface area contributed by atoms with Crippen LogP contribution in [0, 0.1) is 6.92 Å². The molecule has 0 radical (unpaired) electrons. The number of hydrogen-bond acceptors (Lipinski definition) is 5. The van der Waals surface area contributed by atoms with E-state index in [1.165, 1.54) is 0 Å². The van der Waals surface area contributed by atoms with E-state index in [0.29, 0.717) is 23.9 Å². The van der Waals surface area contributed by atoms with Crippen LogP contribution >= 0.6 is 11.6 Å². The van der Waals surface area contributed by atoms with Gasteiger partial charge in [0.15, 0.2) is 0 Å². The van der Waals surface area contributed by atoms with E-state index in [1.54, 1.807) is 12.1 Å². The maximum absolute atomic E-state index is 10.3. The lowest BCUT2D eigenvalue weighted by molar-refractivity contribution is 0.104. The minimum Gasteiger partial charge on any atom is -0.491 e. The van der Waals surface area contributed by atoms with Gasteiger partial charge in [0.1, 0.15) is 25.1 Å². The summed E-state index contributed by atoms with van der Waals surface area (Å²) >= 11 is 5.90. The molecule has 1 atom stereocenters. The van der Waals surface area contributed by atoms with Crippen LogP contribution in [0.25, 0.3) is 0 Å². The predicted octanol–water partition coefficient (Wildman–Crippen LogP) is 1.07. The molecule has 0 spiro atoms. The summed E-state index contributed by atoms with van der Waals surface area (Å²) in [6, 6.07) is 5.30. The van der Waals surface area contributed by atoms with Crippen molar-refractivity contribution in [3.8, 4) is 5.75 Å². The second-order valence-electron chi connectivity index (χ2n) is 4.25. The molecule has 0 saturated heterocycles. The van der Waals surface area contributed by atoms with Crippen LogP contribution in [0.4, 0.5) is 4.79 Å². The number of ether oxygens (including phenoxy) is 2. The largest absolute Gasteiger partial charge is 0.491 e. The van der Waals surface area contributed by atoms with Gasteiger partial charge in [-0.1, -0.05) is 11.6 Å². The first-order chi connectivity index (χ1) is 9.49. The predicted molar refractivity (Wildman–Crippen MR) is 76.1 cm³/mol. The van der Waals surface area contributed by atoms with E-state index in [1.807, 2.05) is 13.0 Å². The smallest absolute Gasteiger partial charge is 0.404 e. The fourth-order valence-electron chi connectivity index (χ4n) is 1.45. The Morgan fingerprint density at radius 3 is 2.95 bits per heavy atom. The van der Waals surface area contributed by atoms with Gasteiger partial charge in [0.25, 0.3) is 0 Å². The standard InChI is InChI=1S/C13H19ClN2O4/c1-9-6-11(2-3-12(9)14)20-8-10(17)7-16-4-5-19-13(15)18/h2-3,6,10,16-17H,4-5,7-8H2,1H3,(H2,15,18). The van der Waals surface area contributed by atoms with Gasteiger partial charge >= 0.3 is 6.09 Å². The van der Waals surface area contributed by atoms with E-state index < -0.39 is 12.2 Å². The van der Waals surface area contributed by atoms with Gasteiger partial charge in [0, 0.05) is 18.1 Å². The molecule has 0 aliphatic heterocycles. The van der Waals surface area contributed by atoms with Crippen LogP contribution in [0.5, 0.6) is 5.75 Å². The fraction of sp³-hybridized carbons (Fsp3) is 0.462. The topological polar surface area (TPSA) is 93.8 Å². The Labute approximate surface area is 122 Å². The first-order valence-electron chi connectivity index (χ1n) is 6.19. The van der Waals surface area contributed by atoms with Crippen LogP contribution < -0.4 is 15.8 Å². The minimum atomic E-state index is -0.811. The van der Waals surface area contributed by atoms with E-state index in [9.17, 15) is 9.90 Å². The number of amides is 1. The van der Waals surface area contributed by atoms with E-state index in [0.717, 1.165) is 5.56 Å². The Bertz CT molecular complexity index is 442. The molecular weight excluding hydrogens is 284 g/mol. The van der Waals surface area contributed by atoms with E-state index in [4.69, 9.17) is 22.1 Å². The maximum atomic E-state index is 10.3. The summed E-state index contributed by atoms with van der Waals surface area (Å²) < 4.78 is 9.97. The molecule has 112 valence electrons. The molecule has 1 unspecified atom stereocenters. The van der Waals surface area contributed by atoms with Crippen molar-refractivity contribution in [2.45, 2.75) is 13.0 Å². The Hall–Kier alpha value is -1.50. The third-order valence-electron chi connectivity index (χ3n) is 2.47. The molecule has 1 rings (SSSR count). The van der Waals surface area contributed by atoms with Crippen LogP contribution in [0.15, 0.2) is 18.2 Å². The Kier molecular flexibility index (Phi) is 7.14. The summed E-state index contributed by atoms with van der Waals surface area (Å²) in [5.74, 6) is 0.656. The molecule has 20 heavy (non-hydrogen) atoms. The first-order valence-corrected chi connectivity index (χ1v) is 6.57. The monoisotopic (exact) mass is 302 g/mol. The molecule has 0 aliphatic carbocycles. The number of aliphatic hydroxyl groups is 1.